The zero-order valence-corrected chi connectivity index (χ0v) is 13.0. The van der Waals surface area contributed by atoms with E-state index in [-0.39, 0.29) is 28.2 Å². The van der Waals surface area contributed by atoms with Crippen LogP contribution < -0.4 is 10.5 Å². The van der Waals surface area contributed by atoms with Crippen LogP contribution >= 0.6 is 27.5 Å². The highest BCUT2D eigenvalue weighted by Gasteiger charge is 2.15. The quantitative estimate of drug-likeness (QED) is 0.369. The van der Waals surface area contributed by atoms with E-state index < -0.39 is 5.82 Å². The third kappa shape index (κ3) is 3.65. The smallest absolute Gasteiger partial charge is 0.179 e. The van der Waals surface area contributed by atoms with Crippen molar-refractivity contribution in [3.05, 3.63) is 62.8 Å². The maximum Gasteiger partial charge on any atom is 0.179 e. The Bertz CT molecular complexity index is 695. The summed E-state index contributed by atoms with van der Waals surface area (Å²) in [6.07, 6.45) is 0. The molecule has 0 radical (unpaired) electrons. The highest BCUT2D eigenvalue weighted by Crippen LogP contribution is 2.29. The fourth-order valence-electron chi connectivity index (χ4n) is 1.68. The molecule has 0 heterocycles. The fraction of sp³-hybridized carbons (Fsp3) is 0.0714. The number of oxime groups is 1. The molecule has 7 heteroatoms. The Hall–Kier alpha value is -1.79. The Morgan fingerprint density at radius 1 is 1.38 bits per heavy atom. The molecule has 4 nitrogen and oxygen atoms in total. The van der Waals surface area contributed by atoms with E-state index in [4.69, 9.17) is 27.3 Å². The van der Waals surface area contributed by atoms with Crippen LogP contribution in [0.4, 0.5) is 4.39 Å². The van der Waals surface area contributed by atoms with Gasteiger partial charge in [-0.1, -0.05) is 28.9 Å². The number of hydrogen-bond acceptors (Lipinski definition) is 3. The summed E-state index contributed by atoms with van der Waals surface area (Å²) in [6, 6.07) is 10.00. The minimum Gasteiger partial charge on any atom is -0.486 e. The first-order valence-electron chi connectivity index (χ1n) is 5.86. The van der Waals surface area contributed by atoms with Gasteiger partial charge in [-0.2, -0.15) is 0 Å². The van der Waals surface area contributed by atoms with Gasteiger partial charge < -0.3 is 15.7 Å². The second-order valence-corrected chi connectivity index (χ2v) is 5.37. The van der Waals surface area contributed by atoms with Crippen molar-refractivity contribution >= 4 is 33.4 Å². The summed E-state index contributed by atoms with van der Waals surface area (Å²) >= 11 is 8.93. The third-order valence-electron chi connectivity index (χ3n) is 2.71. The number of halogens is 3. The molecule has 0 saturated heterocycles. The Balaban J connectivity index is 2.20. The predicted octanol–water partition coefficient (Wildman–Crippen LogP) is 3.92. The number of nitrogens with two attached hydrogens (primary N) is 1. The number of nitrogens with zero attached hydrogens (tertiary/aromatic N) is 1. The lowest BCUT2D eigenvalue weighted by atomic mass is 10.2. The largest absolute Gasteiger partial charge is 0.486 e. The van der Waals surface area contributed by atoms with E-state index >= 15 is 0 Å². The molecule has 0 aliphatic carbocycles. The van der Waals surface area contributed by atoms with E-state index in [1.54, 1.807) is 18.2 Å². The fourth-order valence-corrected chi connectivity index (χ4v) is 2.43. The SMILES string of the molecule is N/C(=N/O)c1ccc(OCc2cccc(Cl)c2)c(F)c1Br. The van der Waals surface area contributed by atoms with Crippen molar-refractivity contribution in [3.8, 4) is 5.75 Å². The summed E-state index contributed by atoms with van der Waals surface area (Å²) in [7, 11) is 0. The Morgan fingerprint density at radius 2 is 2.14 bits per heavy atom. The number of ether oxygens (including phenoxy) is 1. The summed E-state index contributed by atoms with van der Waals surface area (Å²) in [5.74, 6) is -0.764. The maximum atomic E-state index is 14.2. The van der Waals surface area contributed by atoms with Gasteiger partial charge in [-0.05, 0) is 45.8 Å². The van der Waals surface area contributed by atoms with Gasteiger partial charge in [-0.15, -0.1) is 0 Å². The van der Waals surface area contributed by atoms with Crippen LogP contribution in [0.15, 0.2) is 46.0 Å². The molecule has 0 spiro atoms. The molecule has 0 fully saturated rings. The van der Waals surface area contributed by atoms with Gasteiger partial charge in [0.05, 0.1) is 4.47 Å². The number of rotatable bonds is 4. The molecule has 0 saturated carbocycles. The van der Waals surface area contributed by atoms with Crippen molar-refractivity contribution < 1.29 is 14.3 Å². The maximum absolute atomic E-state index is 14.2. The molecule has 3 N–H and O–H groups in total. The molecule has 110 valence electrons. The van der Waals surface area contributed by atoms with Crippen LogP contribution in [0.25, 0.3) is 0 Å². The number of amidine groups is 1. The van der Waals surface area contributed by atoms with Gasteiger partial charge in [0, 0.05) is 10.6 Å². The summed E-state index contributed by atoms with van der Waals surface area (Å²) < 4.78 is 19.6. The first-order chi connectivity index (χ1) is 10.0. The van der Waals surface area contributed by atoms with Crippen LogP contribution in [0, 0.1) is 5.82 Å². The zero-order chi connectivity index (χ0) is 15.4. The van der Waals surface area contributed by atoms with E-state index in [9.17, 15) is 4.39 Å². The average Bonchev–Trinajstić information content (AvgIpc) is 2.48. The monoisotopic (exact) mass is 372 g/mol. The molecule has 0 amide bonds. The molecule has 0 aromatic heterocycles. The Labute approximate surface area is 134 Å². The van der Waals surface area contributed by atoms with Gasteiger partial charge in [0.15, 0.2) is 17.4 Å². The third-order valence-corrected chi connectivity index (χ3v) is 3.72. The lowest BCUT2D eigenvalue weighted by Crippen LogP contribution is -2.14. The molecule has 2 aromatic carbocycles. The summed E-state index contributed by atoms with van der Waals surface area (Å²) in [5, 5.41) is 12.0. The van der Waals surface area contributed by atoms with Crippen LogP contribution in [-0.2, 0) is 6.61 Å². The lowest BCUT2D eigenvalue weighted by Gasteiger charge is -2.11. The molecule has 0 atom stereocenters. The van der Waals surface area contributed by atoms with Gasteiger partial charge in [0.2, 0.25) is 0 Å². The van der Waals surface area contributed by atoms with Crippen molar-refractivity contribution in [1.82, 2.24) is 0 Å². The molecule has 2 rings (SSSR count). The van der Waals surface area contributed by atoms with E-state index in [1.807, 2.05) is 6.07 Å². The van der Waals surface area contributed by atoms with E-state index in [0.29, 0.717) is 5.02 Å². The minimum atomic E-state index is -0.624. The van der Waals surface area contributed by atoms with E-state index in [2.05, 4.69) is 21.1 Å². The Morgan fingerprint density at radius 3 is 2.81 bits per heavy atom. The van der Waals surface area contributed by atoms with Crippen molar-refractivity contribution in [3.63, 3.8) is 0 Å². The van der Waals surface area contributed by atoms with Crippen LogP contribution in [0.3, 0.4) is 0 Å². The molecular weight excluding hydrogens is 363 g/mol. The van der Waals surface area contributed by atoms with Gasteiger partial charge >= 0.3 is 0 Å². The summed E-state index contributed by atoms with van der Waals surface area (Å²) in [5.41, 5.74) is 6.50. The molecular formula is C14H11BrClFN2O2. The summed E-state index contributed by atoms with van der Waals surface area (Å²) in [6.45, 7) is 0.173. The highest BCUT2D eigenvalue weighted by molar-refractivity contribution is 9.10. The van der Waals surface area contributed by atoms with Gasteiger partial charge in [0.1, 0.15) is 6.61 Å². The molecule has 2 aromatic rings. The summed E-state index contributed by atoms with van der Waals surface area (Å²) in [4.78, 5) is 0. The zero-order valence-electron chi connectivity index (χ0n) is 10.7. The first-order valence-corrected chi connectivity index (χ1v) is 7.03. The van der Waals surface area contributed by atoms with E-state index in [1.165, 1.54) is 12.1 Å². The van der Waals surface area contributed by atoms with Crippen LogP contribution in [0.5, 0.6) is 5.75 Å². The van der Waals surface area contributed by atoms with Crippen LogP contribution in [-0.4, -0.2) is 11.0 Å². The van der Waals surface area contributed by atoms with Crippen LogP contribution in [0.1, 0.15) is 11.1 Å². The van der Waals surface area contributed by atoms with Crippen molar-refractivity contribution in [2.75, 3.05) is 0 Å². The first kappa shape index (κ1) is 15.6. The normalized spacial score (nSPS) is 11.5. The average molecular weight is 374 g/mol. The molecule has 21 heavy (non-hydrogen) atoms. The van der Waals surface area contributed by atoms with Gasteiger partial charge in [-0.25, -0.2) is 4.39 Å². The van der Waals surface area contributed by atoms with E-state index in [0.717, 1.165) is 5.56 Å². The second-order valence-electron chi connectivity index (χ2n) is 4.14. The Kier molecular flexibility index (Phi) is 5.03. The van der Waals surface area contributed by atoms with Gasteiger partial charge in [0.25, 0.3) is 0 Å². The predicted molar refractivity (Wildman–Crippen MR) is 82.4 cm³/mol. The minimum absolute atomic E-state index is 0.0522. The number of hydrogen-bond donors (Lipinski definition) is 2. The number of benzene rings is 2. The molecule has 0 bridgehead atoms. The van der Waals surface area contributed by atoms with Crippen LogP contribution in [0.2, 0.25) is 5.02 Å². The highest BCUT2D eigenvalue weighted by atomic mass is 79.9. The standard InChI is InChI=1S/C14H11BrClFN2O2/c15-12-10(14(18)19-20)4-5-11(13(12)17)21-7-8-2-1-3-9(16)6-8/h1-6,20H,7H2,(H2,18,19). The topological polar surface area (TPSA) is 67.8 Å². The lowest BCUT2D eigenvalue weighted by molar-refractivity contribution is 0.289. The second kappa shape index (κ2) is 6.78. The molecule has 0 unspecified atom stereocenters. The van der Waals surface area contributed by atoms with Gasteiger partial charge in [-0.3, -0.25) is 0 Å². The molecule has 0 aliphatic rings. The molecule has 0 aliphatic heterocycles. The van der Waals surface area contributed by atoms with Crippen molar-refractivity contribution in [2.24, 2.45) is 10.9 Å². The van der Waals surface area contributed by atoms with Crippen molar-refractivity contribution in [2.45, 2.75) is 6.61 Å². The van der Waals surface area contributed by atoms with Crippen molar-refractivity contribution in [1.29, 1.82) is 0 Å².